The number of imidazole rings is 1. The molecular formula is C14H17Br2N3. The fourth-order valence-electron chi connectivity index (χ4n) is 2.20. The average molecular weight is 387 g/mol. The quantitative estimate of drug-likeness (QED) is 0.837. The highest BCUT2D eigenvalue weighted by Gasteiger charge is 2.18. The van der Waals surface area contributed by atoms with Crippen molar-refractivity contribution in [3.63, 3.8) is 0 Å². The van der Waals surface area contributed by atoms with Crippen LogP contribution >= 0.6 is 31.9 Å². The maximum Gasteiger partial charge on any atom is 0.130 e. The zero-order chi connectivity index (χ0) is 13.8. The summed E-state index contributed by atoms with van der Waals surface area (Å²) in [6.45, 7) is 3.16. The van der Waals surface area contributed by atoms with Crippen LogP contribution < -0.4 is 5.32 Å². The number of aryl methyl sites for hydroxylation is 1. The van der Waals surface area contributed by atoms with Crippen LogP contribution in [0.25, 0.3) is 0 Å². The fourth-order valence-corrected chi connectivity index (χ4v) is 3.53. The molecule has 0 fully saturated rings. The van der Waals surface area contributed by atoms with Crippen LogP contribution in [0.15, 0.2) is 39.5 Å². The van der Waals surface area contributed by atoms with E-state index in [0.29, 0.717) is 0 Å². The molecule has 0 aliphatic carbocycles. The van der Waals surface area contributed by atoms with E-state index in [4.69, 9.17) is 0 Å². The monoisotopic (exact) mass is 385 g/mol. The first-order valence-corrected chi connectivity index (χ1v) is 7.88. The maximum absolute atomic E-state index is 4.51. The fraction of sp³-hybridized carbons (Fsp3) is 0.357. The number of benzene rings is 1. The van der Waals surface area contributed by atoms with Crippen LogP contribution in [0.4, 0.5) is 0 Å². The van der Waals surface area contributed by atoms with Gasteiger partial charge in [0.1, 0.15) is 5.82 Å². The molecule has 0 spiro atoms. The smallest absolute Gasteiger partial charge is 0.130 e. The van der Waals surface area contributed by atoms with Crippen molar-refractivity contribution in [2.75, 3.05) is 7.05 Å². The number of nitrogens with zero attached hydrogens (tertiary/aromatic N) is 2. The third kappa shape index (κ3) is 3.46. The first-order chi connectivity index (χ1) is 9.15. The number of hydrogen-bond acceptors (Lipinski definition) is 2. The Morgan fingerprint density at radius 1 is 1.26 bits per heavy atom. The van der Waals surface area contributed by atoms with Gasteiger partial charge in [-0.3, -0.25) is 0 Å². The summed E-state index contributed by atoms with van der Waals surface area (Å²) in [5, 5.41) is 3.35. The SMILES string of the molecule is CCCn1ccnc1C(NC)c1cc(Br)cc(Br)c1. The van der Waals surface area contributed by atoms with Gasteiger partial charge in [-0.1, -0.05) is 38.8 Å². The van der Waals surface area contributed by atoms with Crippen molar-refractivity contribution in [1.82, 2.24) is 14.9 Å². The van der Waals surface area contributed by atoms with Gasteiger partial charge < -0.3 is 9.88 Å². The predicted octanol–water partition coefficient (Wildman–Crippen LogP) is 4.13. The molecule has 1 atom stereocenters. The number of nitrogens with one attached hydrogen (secondary N) is 1. The summed E-state index contributed by atoms with van der Waals surface area (Å²) in [7, 11) is 1.96. The van der Waals surface area contributed by atoms with Gasteiger partial charge in [-0.2, -0.15) is 0 Å². The van der Waals surface area contributed by atoms with Gasteiger partial charge >= 0.3 is 0 Å². The zero-order valence-electron chi connectivity index (χ0n) is 11.0. The van der Waals surface area contributed by atoms with Crippen LogP contribution in [0.2, 0.25) is 0 Å². The van der Waals surface area contributed by atoms with Crippen LogP contribution in [0.3, 0.4) is 0 Å². The van der Waals surface area contributed by atoms with E-state index in [1.165, 1.54) is 5.56 Å². The number of hydrogen-bond donors (Lipinski definition) is 1. The molecule has 1 aromatic heterocycles. The second-order valence-corrected chi connectivity index (χ2v) is 6.23. The Balaban J connectivity index is 2.40. The summed E-state index contributed by atoms with van der Waals surface area (Å²) in [5.74, 6) is 1.05. The van der Waals surface area contributed by atoms with E-state index in [1.54, 1.807) is 0 Å². The molecule has 0 saturated heterocycles. The van der Waals surface area contributed by atoms with E-state index in [-0.39, 0.29) is 6.04 Å². The molecule has 19 heavy (non-hydrogen) atoms. The van der Waals surface area contributed by atoms with Gasteiger partial charge in [-0.25, -0.2) is 4.98 Å². The largest absolute Gasteiger partial charge is 0.333 e. The second kappa shape index (κ2) is 6.68. The van der Waals surface area contributed by atoms with Gasteiger partial charge in [0.05, 0.1) is 6.04 Å². The lowest BCUT2D eigenvalue weighted by molar-refractivity contribution is 0.568. The Morgan fingerprint density at radius 2 is 1.95 bits per heavy atom. The Kier molecular flexibility index (Phi) is 5.19. The van der Waals surface area contributed by atoms with Crippen molar-refractivity contribution in [3.05, 3.63) is 50.9 Å². The van der Waals surface area contributed by atoms with E-state index in [1.807, 2.05) is 25.5 Å². The van der Waals surface area contributed by atoms with E-state index in [2.05, 4.69) is 65.8 Å². The molecule has 0 aliphatic rings. The summed E-state index contributed by atoms with van der Waals surface area (Å²) < 4.78 is 4.33. The Hall–Kier alpha value is -0.650. The molecule has 5 heteroatoms. The lowest BCUT2D eigenvalue weighted by Crippen LogP contribution is -2.22. The van der Waals surface area contributed by atoms with Crippen molar-refractivity contribution in [2.45, 2.75) is 25.9 Å². The van der Waals surface area contributed by atoms with Crippen molar-refractivity contribution in [1.29, 1.82) is 0 Å². The molecule has 0 aliphatic heterocycles. The van der Waals surface area contributed by atoms with E-state index in [9.17, 15) is 0 Å². The standard InChI is InChI=1S/C14H17Br2N3/c1-3-5-19-6-4-18-14(19)13(17-2)10-7-11(15)9-12(16)8-10/h4,6-9,13,17H,3,5H2,1-2H3. The maximum atomic E-state index is 4.51. The minimum Gasteiger partial charge on any atom is -0.333 e. The molecule has 0 amide bonds. The normalized spacial score (nSPS) is 12.6. The Labute approximate surface area is 130 Å². The molecule has 3 nitrogen and oxygen atoms in total. The molecule has 0 bridgehead atoms. The van der Waals surface area contributed by atoms with Gasteiger partial charge in [0, 0.05) is 27.9 Å². The third-order valence-corrected chi connectivity index (χ3v) is 3.89. The number of aromatic nitrogens is 2. The molecular weight excluding hydrogens is 370 g/mol. The number of halogens is 2. The first kappa shape index (κ1) is 14.8. The molecule has 0 saturated carbocycles. The molecule has 2 aromatic rings. The molecule has 0 radical (unpaired) electrons. The molecule has 1 N–H and O–H groups in total. The van der Waals surface area contributed by atoms with E-state index in [0.717, 1.165) is 27.7 Å². The van der Waals surface area contributed by atoms with Crippen LogP contribution in [0.5, 0.6) is 0 Å². The van der Waals surface area contributed by atoms with Gasteiger partial charge in [0.25, 0.3) is 0 Å². The van der Waals surface area contributed by atoms with Gasteiger partial charge in [-0.15, -0.1) is 0 Å². The van der Waals surface area contributed by atoms with E-state index < -0.39 is 0 Å². The highest BCUT2D eigenvalue weighted by atomic mass is 79.9. The lowest BCUT2D eigenvalue weighted by atomic mass is 10.1. The summed E-state index contributed by atoms with van der Waals surface area (Å²) in [4.78, 5) is 4.51. The molecule has 102 valence electrons. The summed E-state index contributed by atoms with van der Waals surface area (Å²) in [5.41, 5.74) is 1.19. The van der Waals surface area contributed by atoms with Gasteiger partial charge in [-0.05, 0) is 37.2 Å². The Morgan fingerprint density at radius 3 is 2.53 bits per heavy atom. The van der Waals surface area contributed by atoms with Crippen LogP contribution in [-0.2, 0) is 6.54 Å². The lowest BCUT2D eigenvalue weighted by Gasteiger charge is -2.18. The van der Waals surface area contributed by atoms with Crippen LogP contribution in [0.1, 0.15) is 30.8 Å². The predicted molar refractivity (Wildman–Crippen MR) is 85.3 cm³/mol. The average Bonchev–Trinajstić information content (AvgIpc) is 2.78. The zero-order valence-corrected chi connectivity index (χ0v) is 14.2. The van der Waals surface area contributed by atoms with Crippen molar-refractivity contribution >= 4 is 31.9 Å². The van der Waals surface area contributed by atoms with Crippen LogP contribution in [0, 0.1) is 0 Å². The highest BCUT2D eigenvalue weighted by Crippen LogP contribution is 2.27. The second-order valence-electron chi connectivity index (χ2n) is 4.40. The van der Waals surface area contributed by atoms with Crippen molar-refractivity contribution < 1.29 is 0 Å². The first-order valence-electron chi connectivity index (χ1n) is 6.30. The van der Waals surface area contributed by atoms with Crippen molar-refractivity contribution in [2.24, 2.45) is 0 Å². The molecule has 1 unspecified atom stereocenters. The minimum atomic E-state index is 0.0929. The van der Waals surface area contributed by atoms with Gasteiger partial charge in [0.2, 0.25) is 0 Å². The van der Waals surface area contributed by atoms with Gasteiger partial charge in [0.15, 0.2) is 0 Å². The number of rotatable bonds is 5. The topological polar surface area (TPSA) is 29.9 Å². The minimum absolute atomic E-state index is 0.0929. The molecule has 1 aromatic carbocycles. The van der Waals surface area contributed by atoms with E-state index >= 15 is 0 Å². The summed E-state index contributed by atoms with van der Waals surface area (Å²) in [6, 6.07) is 6.37. The summed E-state index contributed by atoms with van der Waals surface area (Å²) in [6.07, 6.45) is 5.00. The van der Waals surface area contributed by atoms with Crippen LogP contribution in [-0.4, -0.2) is 16.6 Å². The third-order valence-electron chi connectivity index (χ3n) is 2.98. The molecule has 2 rings (SSSR count). The Bertz CT molecular complexity index is 531. The summed E-state index contributed by atoms with van der Waals surface area (Å²) >= 11 is 7.08. The van der Waals surface area contributed by atoms with Crippen molar-refractivity contribution in [3.8, 4) is 0 Å². The highest BCUT2D eigenvalue weighted by molar-refractivity contribution is 9.11. The molecule has 1 heterocycles.